The average Bonchev–Trinajstić information content (AvgIpc) is 3.26. The summed E-state index contributed by atoms with van der Waals surface area (Å²) in [6, 6.07) is 0. The van der Waals surface area contributed by atoms with E-state index in [-0.39, 0.29) is 11.7 Å². The molecule has 0 atom stereocenters. The summed E-state index contributed by atoms with van der Waals surface area (Å²) in [5.41, 5.74) is 8.23. The highest BCUT2D eigenvalue weighted by molar-refractivity contribution is 8.00. The van der Waals surface area contributed by atoms with Gasteiger partial charge >= 0.3 is 0 Å². The van der Waals surface area contributed by atoms with Crippen LogP contribution in [-0.2, 0) is 17.6 Å². The lowest BCUT2D eigenvalue weighted by Gasteiger charge is -2.07. The van der Waals surface area contributed by atoms with Crippen molar-refractivity contribution in [3.05, 3.63) is 32.3 Å². The van der Waals surface area contributed by atoms with Gasteiger partial charge in [-0.25, -0.2) is 9.97 Å². The van der Waals surface area contributed by atoms with Gasteiger partial charge in [0.05, 0.1) is 11.3 Å². The second-order valence-corrected chi connectivity index (χ2v) is 10.1. The molecule has 146 valence electrons. The van der Waals surface area contributed by atoms with Crippen LogP contribution in [0.5, 0.6) is 0 Å². The van der Waals surface area contributed by atoms with Gasteiger partial charge in [0.15, 0.2) is 0 Å². The number of nitrogens with one attached hydrogen (secondary N) is 1. The smallest absolute Gasteiger partial charge is 0.251 e. The highest BCUT2D eigenvalue weighted by Gasteiger charge is 2.26. The molecule has 0 bridgehead atoms. The molecule has 1 aliphatic carbocycles. The summed E-state index contributed by atoms with van der Waals surface area (Å²) in [6.45, 7) is 5.99. The first kappa shape index (κ1) is 19.4. The fourth-order valence-corrected chi connectivity index (χ4v) is 6.85. The van der Waals surface area contributed by atoms with Crippen LogP contribution in [0.3, 0.4) is 0 Å². The number of thiophene rings is 2. The first-order valence-electron chi connectivity index (χ1n) is 8.96. The van der Waals surface area contributed by atoms with E-state index in [1.807, 2.05) is 6.92 Å². The number of nitrogens with two attached hydrogens (primary N) is 1. The third kappa shape index (κ3) is 3.42. The van der Waals surface area contributed by atoms with Crippen molar-refractivity contribution in [1.82, 2.24) is 9.97 Å². The lowest BCUT2D eigenvalue weighted by atomic mass is 10.1. The molecule has 0 saturated heterocycles. The van der Waals surface area contributed by atoms with Gasteiger partial charge in [-0.2, -0.15) is 0 Å². The van der Waals surface area contributed by atoms with Crippen molar-refractivity contribution in [1.29, 1.82) is 0 Å². The van der Waals surface area contributed by atoms with E-state index in [0.717, 1.165) is 50.5 Å². The molecule has 1 aliphatic rings. The number of anilines is 1. The molecule has 3 aromatic heterocycles. The van der Waals surface area contributed by atoms with E-state index in [1.165, 1.54) is 28.0 Å². The molecule has 0 saturated carbocycles. The topological polar surface area (TPSA) is 98.0 Å². The standard InChI is InChI=1S/C19H20N4O2S3/c1-8-9(2)27-18-14(8)17(21-10(3)22-18)26-7-13(24)23-19-15(16(20)25)11-5-4-6-12(11)28-19/h4-7H2,1-3H3,(H2,20,25)(H,23,24). The number of nitrogens with zero attached hydrogens (tertiary/aromatic N) is 2. The van der Waals surface area contributed by atoms with Crippen LogP contribution in [0.2, 0.25) is 0 Å². The molecule has 6 nitrogen and oxygen atoms in total. The summed E-state index contributed by atoms with van der Waals surface area (Å²) in [4.78, 5) is 36.9. The number of carbonyl (C=O) groups is 2. The minimum Gasteiger partial charge on any atom is -0.365 e. The molecular weight excluding hydrogens is 412 g/mol. The molecule has 0 radical (unpaired) electrons. The van der Waals surface area contributed by atoms with Crippen LogP contribution in [0.1, 0.15) is 43.5 Å². The number of aromatic nitrogens is 2. The van der Waals surface area contributed by atoms with Gasteiger partial charge in [-0.3, -0.25) is 9.59 Å². The quantitative estimate of drug-likeness (QED) is 0.469. The number of aryl methyl sites for hydroxylation is 4. The summed E-state index contributed by atoms with van der Waals surface area (Å²) in [7, 11) is 0. The van der Waals surface area contributed by atoms with E-state index in [2.05, 4.69) is 29.1 Å². The Morgan fingerprint density at radius 1 is 1.18 bits per heavy atom. The minimum absolute atomic E-state index is 0.165. The zero-order valence-electron chi connectivity index (χ0n) is 15.8. The van der Waals surface area contributed by atoms with E-state index in [4.69, 9.17) is 5.73 Å². The van der Waals surface area contributed by atoms with Crippen LogP contribution in [-0.4, -0.2) is 27.5 Å². The lowest BCUT2D eigenvalue weighted by molar-refractivity contribution is -0.113. The third-order valence-electron chi connectivity index (χ3n) is 4.87. The molecule has 3 heterocycles. The predicted octanol–water partition coefficient (Wildman–Crippen LogP) is 4.00. The van der Waals surface area contributed by atoms with E-state index < -0.39 is 5.91 Å². The van der Waals surface area contributed by atoms with Crippen LogP contribution in [0.15, 0.2) is 5.03 Å². The van der Waals surface area contributed by atoms with Crippen molar-refractivity contribution >= 4 is 61.5 Å². The number of primary amides is 1. The number of thioether (sulfide) groups is 1. The summed E-state index contributed by atoms with van der Waals surface area (Å²) in [6.07, 6.45) is 2.83. The van der Waals surface area contributed by atoms with Crippen molar-refractivity contribution in [3.63, 3.8) is 0 Å². The molecule has 3 aromatic rings. The molecule has 0 fully saturated rings. The molecule has 28 heavy (non-hydrogen) atoms. The van der Waals surface area contributed by atoms with E-state index in [9.17, 15) is 9.59 Å². The Morgan fingerprint density at radius 2 is 1.96 bits per heavy atom. The van der Waals surface area contributed by atoms with Crippen LogP contribution in [0.4, 0.5) is 5.00 Å². The number of hydrogen-bond acceptors (Lipinski definition) is 7. The number of amides is 2. The van der Waals surface area contributed by atoms with Crippen molar-refractivity contribution in [3.8, 4) is 0 Å². The molecule has 9 heteroatoms. The maximum atomic E-state index is 12.6. The Hall–Kier alpha value is -1.97. The molecule has 2 amide bonds. The maximum absolute atomic E-state index is 12.6. The van der Waals surface area contributed by atoms with Gasteiger partial charge in [0, 0.05) is 15.1 Å². The van der Waals surface area contributed by atoms with E-state index >= 15 is 0 Å². The molecular formula is C19H20N4O2S3. The predicted molar refractivity (Wildman–Crippen MR) is 116 cm³/mol. The number of fused-ring (bicyclic) bond motifs is 2. The Morgan fingerprint density at radius 3 is 2.71 bits per heavy atom. The zero-order valence-corrected chi connectivity index (χ0v) is 18.3. The third-order valence-corrected chi connectivity index (χ3v) is 8.15. The Balaban J connectivity index is 1.54. The molecule has 3 N–H and O–H groups in total. The van der Waals surface area contributed by atoms with Gasteiger partial charge in [0.25, 0.3) is 5.91 Å². The van der Waals surface area contributed by atoms with Gasteiger partial charge < -0.3 is 11.1 Å². The van der Waals surface area contributed by atoms with Crippen LogP contribution >= 0.6 is 34.4 Å². The molecule has 0 spiro atoms. The summed E-state index contributed by atoms with van der Waals surface area (Å²) in [5, 5.41) is 5.32. The van der Waals surface area contributed by atoms with Crippen molar-refractivity contribution in [2.75, 3.05) is 11.1 Å². The maximum Gasteiger partial charge on any atom is 0.251 e. The van der Waals surface area contributed by atoms with Crippen molar-refractivity contribution in [2.24, 2.45) is 5.73 Å². The second-order valence-electron chi connectivity index (χ2n) is 6.80. The number of hydrogen-bond donors (Lipinski definition) is 2. The normalized spacial score (nSPS) is 13.1. The summed E-state index contributed by atoms with van der Waals surface area (Å²) < 4.78 is 0. The van der Waals surface area contributed by atoms with Crippen LogP contribution < -0.4 is 11.1 Å². The first-order chi connectivity index (χ1) is 13.3. The van der Waals surface area contributed by atoms with Crippen molar-refractivity contribution < 1.29 is 9.59 Å². The van der Waals surface area contributed by atoms with E-state index in [1.54, 1.807) is 11.3 Å². The van der Waals surface area contributed by atoms with Gasteiger partial charge in [-0.15, -0.1) is 22.7 Å². The summed E-state index contributed by atoms with van der Waals surface area (Å²) >= 11 is 4.52. The van der Waals surface area contributed by atoms with Gasteiger partial charge in [-0.1, -0.05) is 11.8 Å². The largest absolute Gasteiger partial charge is 0.365 e. The summed E-state index contributed by atoms with van der Waals surface area (Å²) in [5.74, 6) is 0.268. The number of carbonyl (C=O) groups excluding carboxylic acids is 2. The van der Waals surface area contributed by atoms with E-state index in [0.29, 0.717) is 16.4 Å². The second kappa shape index (κ2) is 7.46. The Kier molecular flexibility index (Phi) is 5.15. The minimum atomic E-state index is -0.472. The highest BCUT2D eigenvalue weighted by Crippen LogP contribution is 2.39. The first-order valence-corrected chi connectivity index (χ1v) is 11.6. The van der Waals surface area contributed by atoms with Gasteiger partial charge in [-0.05, 0) is 51.2 Å². The number of rotatable bonds is 5. The monoisotopic (exact) mass is 432 g/mol. The molecule has 4 rings (SSSR count). The average molecular weight is 433 g/mol. The lowest BCUT2D eigenvalue weighted by Crippen LogP contribution is -2.19. The fraction of sp³-hybridized carbons (Fsp3) is 0.368. The molecule has 0 aromatic carbocycles. The molecule has 0 unspecified atom stereocenters. The van der Waals surface area contributed by atoms with Crippen molar-refractivity contribution in [2.45, 2.75) is 45.1 Å². The Bertz CT molecular complexity index is 1120. The highest BCUT2D eigenvalue weighted by atomic mass is 32.2. The SMILES string of the molecule is Cc1nc(SCC(=O)Nc2sc3c(c2C(N)=O)CCC3)c2c(C)c(C)sc2n1. The zero-order chi connectivity index (χ0) is 20.0. The Labute approximate surface area is 175 Å². The fourth-order valence-electron chi connectivity index (χ4n) is 3.47. The van der Waals surface area contributed by atoms with Crippen LogP contribution in [0, 0.1) is 20.8 Å². The van der Waals surface area contributed by atoms with Crippen LogP contribution in [0.25, 0.3) is 10.2 Å². The van der Waals surface area contributed by atoms with Gasteiger partial charge in [0.2, 0.25) is 5.91 Å². The molecule has 0 aliphatic heterocycles. The van der Waals surface area contributed by atoms with Gasteiger partial charge in [0.1, 0.15) is 20.7 Å².